The van der Waals surface area contributed by atoms with Crippen molar-refractivity contribution in [1.29, 1.82) is 0 Å². The number of carbonyl (C=O) groups is 1. The minimum absolute atomic E-state index is 0.104. The second kappa shape index (κ2) is 12.8. The summed E-state index contributed by atoms with van der Waals surface area (Å²) < 4.78 is 6.61. The van der Waals surface area contributed by atoms with E-state index >= 15 is 0 Å². The van der Waals surface area contributed by atoms with Crippen LogP contribution in [-0.4, -0.2) is 47.2 Å². The number of carbonyl (C=O) groups excluding carboxylic acids is 1. The number of anilines is 1. The fourth-order valence-electron chi connectivity index (χ4n) is 3.83. The Hall–Kier alpha value is -3.26. The highest BCUT2D eigenvalue weighted by molar-refractivity contribution is 5.94. The molecule has 1 amide bonds. The van der Waals surface area contributed by atoms with Crippen LogP contribution < -0.4 is 16.2 Å². The highest BCUT2D eigenvalue weighted by Gasteiger charge is 2.13. The number of hydrogen-bond acceptors (Lipinski definition) is 6. The second-order valence-corrected chi connectivity index (χ2v) is 8.37. The standard InChI is InChI=1S/C26H35N5O3/c1-4-5-6-7-8-9-16-27-25(33)20-10-12-21(13-11-20)31-23(32)15-14-22-19(2)29-26(30-24(22)31)28-17-18-34-3/h10-15H,4-9,16-18H2,1-3H3,(H,27,33)(H,28,29,30). The molecule has 0 spiro atoms. The van der Waals surface area contributed by atoms with Crippen LogP contribution in [0.3, 0.4) is 0 Å². The zero-order valence-corrected chi connectivity index (χ0v) is 20.4. The van der Waals surface area contributed by atoms with Gasteiger partial charge in [0.15, 0.2) is 5.65 Å². The first kappa shape index (κ1) is 25.4. The van der Waals surface area contributed by atoms with E-state index in [4.69, 9.17) is 4.74 Å². The van der Waals surface area contributed by atoms with Crippen molar-refractivity contribution in [2.75, 3.05) is 32.1 Å². The van der Waals surface area contributed by atoms with Crippen LogP contribution in [0.25, 0.3) is 16.7 Å². The Morgan fingerprint density at radius 2 is 1.71 bits per heavy atom. The zero-order chi connectivity index (χ0) is 24.3. The second-order valence-electron chi connectivity index (χ2n) is 8.37. The molecule has 0 aliphatic carbocycles. The molecule has 0 saturated heterocycles. The van der Waals surface area contributed by atoms with Gasteiger partial charge in [0.25, 0.3) is 11.5 Å². The fraction of sp³-hybridized carbons (Fsp3) is 0.462. The monoisotopic (exact) mass is 465 g/mol. The molecule has 0 atom stereocenters. The number of aromatic nitrogens is 3. The van der Waals surface area contributed by atoms with Gasteiger partial charge in [0.1, 0.15) is 0 Å². The molecule has 8 nitrogen and oxygen atoms in total. The normalized spacial score (nSPS) is 11.0. The lowest BCUT2D eigenvalue weighted by atomic mass is 10.1. The van der Waals surface area contributed by atoms with Gasteiger partial charge in [-0.25, -0.2) is 4.98 Å². The average Bonchev–Trinajstić information content (AvgIpc) is 2.83. The number of fused-ring (bicyclic) bond motifs is 1. The summed E-state index contributed by atoms with van der Waals surface area (Å²) in [6, 6.07) is 10.3. The molecule has 2 aromatic heterocycles. The molecular weight excluding hydrogens is 430 g/mol. The lowest BCUT2D eigenvalue weighted by Gasteiger charge is -2.13. The Labute approximate surface area is 200 Å². The lowest BCUT2D eigenvalue weighted by Crippen LogP contribution is -2.24. The number of methoxy groups -OCH3 is 1. The van der Waals surface area contributed by atoms with Crippen LogP contribution in [-0.2, 0) is 4.74 Å². The summed E-state index contributed by atoms with van der Waals surface area (Å²) in [4.78, 5) is 34.4. The van der Waals surface area contributed by atoms with Crippen molar-refractivity contribution >= 4 is 22.9 Å². The van der Waals surface area contributed by atoms with Gasteiger partial charge in [0.2, 0.25) is 5.95 Å². The maximum absolute atomic E-state index is 12.8. The van der Waals surface area contributed by atoms with E-state index in [2.05, 4.69) is 27.5 Å². The quantitative estimate of drug-likeness (QED) is 0.367. The first-order valence-corrected chi connectivity index (χ1v) is 12.1. The number of unbranched alkanes of at least 4 members (excludes halogenated alkanes) is 5. The molecule has 182 valence electrons. The number of nitrogens with one attached hydrogen (secondary N) is 2. The Morgan fingerprint density at radius 1 is 0.971 bits per heavy atom. The summed E-state index contributed by atoms with van der Waals surface area (Å²) in [5, 5.41) is 6.90. The van der Waals surface area contributed by atoms with Crippen molar-refractivity contribution in [3.63, 3.8) is 0 Å². The predicted octanol–water partition coefficient (Wildman–Crippen LogP) is 4.24. The Bertz CT molecular complexity index is 1140. The van der Waals surface area contributed by atoms with E-state index in [1.807, 2.05) is 6.92 Å². The third-order valence-corrected chi connectivity index (χ3v) is 5.73. The molecule has 0 aliphatic rings. The van der Waals surface area contributed by atoms with Crippen LogP contribution in [0.1, 0.15) is 61.5 Å². The summed E-state index contributed by atoms with van der Waals surface area (Å²) in [6.45, 7) is 5.84. The zero-order valence-electron chi connectivity index (χ0n) is 20.4. The van der Waals surface area contributed by atoms with E-state index in [1.165, 1.54) is 31.7 Å². The van der Waals surface area contributed by atoms with Gasteiger partial charge in [-0.1, -0.05) is 39.0 Å². The molecule has 0 aliphatic heterocycles. The third-order valence-electron chi connectivity index (χ3n) is 5.73. The number of nitrogens with zero attached hydrogens (tertiary/aromatic N) is 3. The van der Waals surface area contributed by atoms with Gasteiger partial charge < -0.3 is 15.4 Å². The van der Waals surface area contributed by atoms with Gasteiger partial charge in [0, 0.05) is 37.2 Å². The minimum Gasteiger partial charge on any atom is -0.383 e. The van der Waals surface area contributed by atoms with E-state index in [9.17, 15) is 9.59 Å². The van der Waals surface area contributed by atoms with Crippen LogP contribution in [0.4, 0.5) is 5.95 Å². The van der Waals surface area contributed by atoms with Crippen molar-refractivity contribution in [2.45, 2.75) is 52.4 Å². The van der Waals surface area contributed by atoms with Crippen LogP contribution in [0.2, 0.25) is 0 Å². The van der Waals surface area contributed by atoms with Crippen molar-refractivity contribution in [3.05, 3.63) is 58.0 Å². The molecule has 2 N–H and O–H groups in total. The SMILES string of the molecule is CCCCCCCCNC(=O)c1ccc(-n2c(=O)ccc3c(C)nc(NCCOC)nc32)cc1. The average molecular weight is 466 g/mol. The summed E-state index contributed by atoms with van der Waals surface area (Å²) >= 11 is 0. The molecule has 3 rings (SSSR count). The van der Waals surface area contributed by atoms with E-state index in [-0.39, 0.29) is 11.5 Å². The van der Waals surface area contributed by atoms with Crippen LogP contribution in [0.5, 0.6) is 0 Å². The number of hydrogen-bond donors (Lipinski definition) is 2. The van der Waals surface area contributed by atoms with Crippen molar-refractivity contribution in [1.82, 2.24) is 19.9 Å². The number of aryl methyl sites for hydroxylation is 1. The first-order valence-electron chi connectivity index (χ1n) is 12.1. The van der Waals surface area contributed by atoms with Gasteiger partial charge in [-0.2, -0.15) is 4.98 Å². The molecule has 3 aromatic rings. The molecule has 0 unspecified atom stereocenters. The van der Waals surface area contributed by atoms with Crippen molar-refractivity contribution in [2.24, 2.45) is 0 Å². The maximum Gasteiger partial charge on any atom is 0.256 e. The molecular formula is C26H35N5O3. The van der Waals surface area contributed by atoms with E-state index in [1.54, 1.807) is 42.0 Å². The van der Waals surface area contributed by atoms with Crippen LogP contribution in [0, 0.1) is 6.92 Å². The minimum atomic E-state index is -0.200. The molecule has 0 radical (unpaired) electrons. The highest BCUT2D eigenvalue weighted by Crippen LogP contribution is 2.19. The van der Waals surface area contributed by atoms with Gasteiger partial charge in [-0.3, -0.25) is 14.2 Å². The van der Waals surface area contributed by atoms with Gasteiger partial charge >= 0.3 is 0 Å². The number of ether oxygens (including phenoxy) is 1. The number of pyridine rings is 1. The van der Waals surface area contributed by atoms with Crippen molar-refractivity contribution in [3.8, 4) is 5.69 Å². The molecule has 34 heavy (non-hydrogen) atoms. The third kappa shape index (κ3) is 6.63. The Kier molecular flexibility index (Phi) is 9.58. The summed E-state index contributed by atoms with van der Waals surface area (Å²) in [5.74, 6) is 0.334. The number of benzene rings is 1. The summed E-state index contributed by atoms with van der Waals surface area (Å²) in [5.41, 5.74) is 2.29. The molecule has 8 heteroatoms. The van der Waals surface area contributed by atoms with E-state index in [0.29, 0.717) is 42.5 Å². The molecule has 2 heterocycles. The Balaban J connectivity index is 1.74. The van der Waals surface area contributed by atoms with E-state index in [0.717, 1.165) is 23.9 Å². The molecule has 0 fully saturated rings. The predicted molar refractivity (Wildman–Crippen MR) is 136 cm³/mol. The summed E-state index contributed by atoms with van der Waals surface area (Å²) in [6.07, 6.45) is 7.09. The first-order chi connectivity index (χ1) is 16.5. The Morgan fingerprint density at radius 3 is 2.44 bits per heavy atom. The smallest absolute Gasteiger partial charge is 0.256 e. The maximum atomic E-state index is 12.8. The largest absolute Gasteiger partial charge is 0.383 e. The summed E-state index contributed by atoms with van der Waals surface area (Å²) in [7, 11) is 1.63. The van der Waals surface area contributed by atoms with Crippen molar-refractivity contribution < 1.29 is 9.53 Å². The molecule has 0 saturated carbocycles. The number of amides is 1. The van der Waals surface area contributed by atoms with Crippen LogP contribution >= 0.6 is 0 Å². The molecule has 1 aromatic carbocycles. The molecule has 0 bridgehead atoms. The highest BCUT2D eigenvalue weighted by atomic mass is 16.5. The fourth-order valence-corrected chi connectivity index (χ4v) is 3.83. The van der Waals surface area contributed by atoms with E-state index < -0.39 is 0 Å². The topological polar surface area (TPSA) is 98.1 Å². The number of rotatable bonds is 13. The van der Waals surface area contributed by atoms with Gasteiger partial charge in [0.05, 0.1) is 18.0 Å². The van der Waals surface area contributed by atoms with Gasteiger partial charge in [-0.15, -0.1) is 0 Å². The van der Waals surface area contributed by atoms with Crippen LogP contribution in [0.15, 0.2) is 41.2 Å². The van der Waals surface area contributed by atoms with Gasteiger partial charge in [-0.05, 0) is 43.7 Å². The lowest BCUT2D eigenvalue weighted by molar-refractivity contribution is 0.0953.